The lowest BCUT2D eigenvalue weighted by molar-refractivity contribution is -0.137. The molecule has 1 aromatic rings. The van der Waals surface area contributed by atoms with Crippen molar-refractivity contribution in [2.45, 2.75) is 48.7 Å². The largest absolute Gasteiger partial charge is 0.480 e. The molecular weight excluding hydrogens is 324 g/mol. The van der Waals surface area contributed by atoms with Crippen molar-refractivity contribution in [3.8, 4) is 0 Å². The highest BCUT2D eigenvalue weighted by molar-refractivity contribution is 9.10. The molecule has 1 N–H and O–H groups in total. The van der Waals surface area contributed by atoms with Gasteiger partial charge in [0.25, 0.3) is 0 Å². The quantitative estimate of drug-likeness (QED) is 0.620. The van der Waals surface area contributed by atoms with Crippen LogP contribution in [0.4, 0.5) is 0 Å². The summed E-state index contributed by atoms with van der Waals surface area (Å²) in [5.41, 5.74) is 0. The Bertz CT molecular complexity index is 428. The van der Waals surface area contributed by atoms with E-state index in [0.29, 0.717) is 5.92 Å². The summed E-state index contributed by atoms with van der Waals surface area (Å²) in [5.74, 6) is -0.371. The maximum Gasteiger partial charge on any atom is 0.317 e. The molecule has 104 valence electrons. The van der Waals surface area contributed by atoms with E-state index in [9.17, 15) is 9.90 Å². The van der Waals surface area contributed by atoms with E-state index in [1.807, 2.05) is 24.3 Å². The average Bonchev–Trinajstić information content (AvgIpc) is 2.66. The normalized spacial score (nSPS) is 18.8. The van der Waals surface area contributed by atoms with Crippen LogP contribution in [0.15, 0.2) is 33.6 Å². The van der Waals surface area contributed by atoms with E-state index in [0.717, 1.165) is 22.2 Å². The number of carboxylic acid groups (broad SMARTS) is 1. The number of hydrogen-bond donors (Lipinski definition) is 1. The van der Waals surface area contributed by atoms with Gasteiger partial charge in [-0.3, -0.25) is 4.79 Å². The summed E-state index contributed by atoms with van der Waals surface area (Å²) in [6, 6.07) is 7.87. The van der Waals surface area contributed by atoms with Crippen LogP contribution in [0.2, 0.25) is 0 Å². The summed E-state index contributed by atoms with van der Waals surface area (Å²) >= 11 is 4.99. The first-order valence-electron chi connectivity index (χ1n) is 6.82. The fraction of sp³-hybridized carbons (Fsp3) is 0.533. The molecule has 0 aliphatic heterocycles. The average molecular weight is 343 g/mol. The van der Waals surface area contributed by atoms with E-state index < -0.39 is 5.97 Å². The maximum absolute atomic E-state index is 11.6. The van der Waals surface area contributed by atoms with Gasteiger partial charge in [0.2, 0.25) is 0 Å². The maximum atomic E-state index is 11.6. The van der Waals surface area contributed by atoms with Crippen LogP contribution in [0.1, 0.15) is 38.5 Å². The Morgan fingerprint density at radius 1 is 1.21 bits per heavy atom. The van der Waals surface area contributed by atoms with Crippen molar-refractivity contribution < 1.29 is 9.90 Å². The smallest absolute Gasteiger partial charge is 0.317 e. The van der Waals surface area contributed by atoms with E-state index >= 15 is 0 Å². The Hall–Kier alpha value is -0.480. The zero-order valence-corrected chi connectivity index (χ0v) is 13.3. The molecule has 0 saturated heterocycles. The van der Waals surface area contributed by atoms with E-state index in [2.05, 4.69) is 15.9 Å². The van der Waals surface area contributed by atoms with Crippen LogP contribution in [0.5, 0.6) is 0 Å². The highest BCUT2D eigenvalue weighted by Gasteiger charge is 2.30. The fourth-order valence-corrected chi connectivity index (χ4v) is 4.38. The van der Waals surface area contributed by atoms with Crippen molar-refractivity contribution in [3.05, 3.63) is 28.7 Å². The minimum Gasteiger partial charge on any atom is -0.480 e. The molecule has 19 heavy (non-hydrogen) atoms. The van der Waals surface area contributed by atoms with Gasteiger partial charge in [0.1, 0.15) is 5.25 Å². The molecule has 1 fully saturated rings. The first-order chi connectivity index (χ1) is 9.18. The first-order valence-corrected chi connectivity index (χ1v) is 8.50. The van der Waals surface area contributed by atoms with Crippen LogP contribution in [-0.4, -0.2) is 16.3 Å². The molecule has 1 aliphatic carbocycles. The lowest BCUT2D eigenvalue weighted by Gasteiger charge is -2.22. The molecule has 1 saturated carbocycles. The zero-order valence-electron chi connectivity index (χ0n) is 10.8. The summed E-state index contributed by atoms with van der Waals surface area (Å²) in [5, 5.41) is 9.21. The molecule has 0 bridgehead atoms. The molecule has 4 heteroatoms. The number of hydrogen-bond acceptors (Lipinski definition) is 2. The summed E-state index contributed by atoms with van der Waals surface area (Å²) in [4.78, 5) is 12.6. The van der Waals surface area contributed by atoms with Crippen molar-refractivity contribution in [3.63, 3.8) is 0 Å². The minimum absolute atomic E-state index is 0.303. The standard InChI is InChI=1S/C15H19BrO2S/c16-12-9-5-6-10-13(12)19-14(15(17)18)11-7-3-1-2-4-8-11/h5-6,9-11,14H,1-4,7-8H2,(H,17,18). The van der Waals surface area contributed by atoms with Gasteiger partial charge in [-0.1, -0.05) is 37.8 Å². The predicted octanol–water partition coefficient (Wildman–Crippen LogP) is 4.96. The van der Waals surface area contributed by atoms with E-state index in [1.54, 1.807) is 0 Å². The van der Waals surface area contributed by atoms with Gasteiger partial charge in [0.05, 0.1) is 0 Å². The lowest BCUT2D eigenvalue weighted by atomic mass is 9.96. The predicted molar refractivity (Wildman–Crippen MR) is 82.6 cm³/mol. The monoisotopic (exact) mass is 342 g/mol. The van der Waals surface area contributed by atoms with Gasteiger partial charge in [-0.25, -0.2) is 0 Å². The third-order valence-electron chi connectivity index (χ3n) is 3.66. The third kappa shape index (κ3) is 4.25. The van der Waals surface area contributed by atoms with E-state index in [4.69, 9.17) is 0 Å². The van der Waals surface area contributed by atoms with Crippen LogP contribution in [0.3, 0.4) is 0 Å². The van der Waals surface area contributed by atoms with Crippen molar-refractivity contribution in [2.75, 3.05) is 0 Å². The summed E-state index contributed by atoms with van der Waals surface area (Å²) in [7, 11) is 0. The van der Waals surface area contributed by atoms with Gasteiger partial charge in [0.15, 0.2) is 0 Å². The number of carboxylic acids is 1. The second kappa shape index (κ2) is 7.34. The molecule has 2 nitrogen and oxygen atoms in total. The summed E-state index contributed by atoms with van der Waals surface area (Å²) in [6.45, 7) is 0. The number of aliphatic carboxylic acids is 1. The number of carbonyl (C=O) groups is 1. The van der Waals surface area contributed by atoms with Gasteiger partial charge in [-0.15, -0.1) is 11.8 Å². The SMILES string of the molecule is O=C(O)C(Sc1ccccc1Br)C1CCCCCC1. The number of rotatable bonds is 4. The van der Waals surface area contributed by atoms with E-state index in [-0.39, 0.29) is 5.25 Å². The van der Waals surface area contributed by atoms with Crippen LogP contribution < -0.4 is 0 Å². The van der Waals surface area contributed by atoms with Gasteiger partial charge in [0, 0.05) is 9.37 Å². The molecule has 0 heterocycles. The van der Waals surface area contributed by atoms with Gasteiger partial charge >= 0.3 is 5.97 Å². The molecule has 1 unspecified atom stereocenters. The van der Waals surface area contributed by atoms with Crippen molar-refractivity contribution in [1.82, 2.24) is 0 Å². The number of benzene rings is 1. The zero-order chi connectivity index (χ0) is 13.7. The molecule has 0 spiro atoms. The van der Waals surface area contributed by atoms with Crippen molar-refractivity contribution in [1.29, 1.82) is 0 Å². The fourth-order valence-electron chi connectivity index (χ4n) is 2.64. The Morgan fingerprint density at radius 2 is 1.84 bits per heavy atom. The number of thioether (sulfide) groups is 1. The first kappa shape index (κ1) is 14.9. The van der Waals surface area contributed by atoms with Crippen molar-refractivity contribution in [2.24, 2.45) is 5.92 Å². The highest BCUT2D eigenvalue weighted by Crippen LogP contribution is 2.38. The second-order valence-corrected chi connectivity index (χ2v) is 7.10. The van der Waals surface area contributed by atoms with Crippen LogP contribution in [0, 0.1) is 5.92 Å². The molecule has 0 radical (unpaired) electrons. The van der Waals surface area contributed by atoms with Gasteiger partial charge in [-0.2, -0.15) is 0 Å². The van der Waals surface area contributed by atoms with E-state index in [1.165, 1.54) is 37.4 Å². The molecule has 1 aliphatic rings. The molecule has 2 rings (SSSR count). The molecular formula is C15H19BrO2S. The molecule has 0 aromatic heterocycles. The molecule has 0 amide bonds. The summed E-state index contributed by atoms with van der Waals surface area (Å²) < 4.78 is 0.986. The minimum atomic E-state index is -0.673. The van der Waals surface area contributed by atoms with Crippen LogP contribution in [0.25, 0.3) is 0 Å². The van der Waals surface area contributed by atoms with Gasteiger partial charge < -0.3 is 5.11 Å². The molecule has 1 atom stereocenters. The third-order valence-corrected chi connectivity index (χ3v) is 6.07. The van der Waals surface area contributed by atoms with Crippen LogP contribution in [-0.2, 0) is 4.79 Å². The Morgan fingerprint density at radius 3 is 2.42 bits per heavy atom. The number of halogens is 1. The van der Waals surface area contributed by atoms with Crippen LogP contribution >= 0.6 is 27.7 Å². The van der Waals surface area contributed by atoms with Crippen molar-refractivity contribution >= 4 is 33.7 Å². The second-order valence-electron chi connectivity index (χ2n) is 5.06. The lowest BCUT2D eigenvalue weighted by Crippen LogP contribution is -2.26. The Balaban J connectivity index is 2.11. The van der Waals surface area contributed by atoms with Gasteiger partial charge in [-0.05, 0) is 46.8 Å². The summed E-state index contributed by atoms with van der Waals surface area (Å²) in [6.07, 6.45) is 6.95. The molecule has 1 aromatic carbocycles. The Labute approximate surface area is 127 Å². The Kier molecular flexibility index (Phi) is 5.76. The topological polar surface area (TPSA) is 37.3 Å². The highest BCUT2D eigenvalue weighted by atomic mass is 79.9.